The molecule has 300 valence electrons. The predicted molar refractivity (Wildman–Crippen MR) is 278 cm³/mol. The number of rotatable bonds is 4. The Bertz CT molecular complexity index is 4030. The normalized spacial score (nSPS) is 12.9. The molecular weight excluding hydrogens is 806 g/mol. The number of anilines is 3. The van der Waals surface area contributed by atoms with Crippen LogP contribution in [-0.4, -0.2) is 15.8 Å². The van der Waals surface area contributed by atoms with E-state index in [4.69, 9.17) is 0 Å². The smallest absolute Gasteiger partial charge is 0.252 e. The fourth-order valence-electron chi connectivity index (χ4n) is 11.7. The van der Waals surface area contributed by atoms with Gasteiger partial charge in [0.05, 0.1) is 27.9 Å². The van der Waals surface area contributed by atoms with Gasteiger partial charge in [0.1, 0.15) is 0 Å². The van der Waals surface area contributed by atoms with Crippen LogP contribution in [0, 0.1) is 0 Å². The van der Waals surface area contributed by atoms with Crippen LogP contribution in [0.5, 0.6) is 0 Å². The summed E-state index contributed by atoms with van der Waals surface area (Å²) in [4.78, 5) is 2.66. The molecule has 0 spiro atoms. The maximum Gasteiger partial charge on any atom is 0.252 e. The maximum absolute atomic E-state index is 2.66. The van der Waals surface area contributed by atoms with Crippen molar-refractivity contribution in [3.63, 3.8) is 0 Å². The van der Waals surface area contributed by atoms with E-state index in [9.17, 15) is 0 Å². The molecule has 0 atom stereocenters. The van der Waals surface area contributed by atoms with Crippen LogP contribution in [0.4, 0.5) is 17.1 Å². The van der Waals surface area contributed by atoms with Crippen molar-refractivity contribution in [1.82, 2.24) is 9.13 Å². The van der Waals surface area contributed by atoms with Gasteiger partial charge in [0.2, 0.25) is 0 Å². The molecule has 13 aromatic rings. The van der Waals surface area contributed by atoms with Gasteiger partial charge in [-0.3, -0.25) is 0 Å². The molecule has 2 aliphatic heterocycles. The first-order valence-electron chi connectivity index (χ1n) is 22.5. The average molecular weight is 842 g/mol. The molecule has 0 unspecified atom stereocenters. The predicted octanol–water partition coefficient (Wildman–Crippen LogP) is 14.2. The van der Waals surface area contributed by atoms with Crippen LogP contribution in [-0.2, 0) is 0 Å². The number of nitrogens with zero attached hydrogens (tertiary/aromatic N) is 3. The summed E-state index contributed by atoms with van der Waals surface area (Å²) in [6.07, 6.45) is 0. The van der Waals surface area contributed by atoms with Gasteiger partial charge in [-0.2, -0.15) is 0 Å². The summed E-state index contributed by atoms with van der Waals surface area (Å²) >= 11 is 1.91. The highest BCUT2D eigenvalue weighted by Crippen LogP contribution is 2.51. The quantitative estimate of drug-likeness (QED) is 0.161. The van der Waals surface area contributed by atoms with Crippen molar-refractivity contribution in [2.24, 2.45) is 0 Å². The van der Waals surface area contributed by atoms with Gasteiger partial charge in [-0.25, -0.2) is 0 Å². The number of benzene rings is 10. The third kappa shape index (κ3) is 4.80. The average Bonchev–Trinajstić information content (AvgIpc) is 4.03. The van der Waals surface area contributed by atoms with E-state index in [1.807, 2.05) is 11.3 Å². The molecule has 3 aromatic heterocycles. The molecule has 0 amide bonds. The minimum absolute atomic E-state index is 0.0161. The van der Waals surface area contributed by atoms with Crippen molar-refractivity contribution >= 4 is 115 Å². The Hall–Kier alpha value is -8.12. The summed E-state index contributed by atoms with van der Waals surface area (Å²) < 4.78 is 7.72. The summed E-state index contributed by atoms with van der Waals surface area (Å²) in [5.74, 6) is 0. The Morgan fingerprint density at radius 1 is 0.354 bits per heavy atom. The standard InChI is InChI=1S/C60H36BN3S/c1-3-17-37(18-4-1)40-25-15-26-41(38-19-5-2-6-20-38)59(40)64-53-35-47-45-24-10-14-32-56(45)65-57(47)36-49(53)61-48-28-16-27-46-44-23-9-13-31-52(44)63(60(46)48)54-33-39(34-55(64)58(54)61)62-50-29-11-7-21-42(50)43-22-8-12-30-51(43)62/h1-36H. The summed E-state index contributed by atoms with van der Waals surface area (Å²) in [5.41, 5.74) is 19.6. The minimum atomic E-state index is -0.0161. The lowest BCUT2D eigenvalue weighted by molar-refractivity contribution is 1.13. The van der Waals surface area contributed by atoms with Gasteiger partial charge in [0, 0.05) is 75.4 Å². The fourth-order valence-corrected chi connectivity index (χ4v) is 12.8. The summed E-state index contributed by atoms with van der Waals surface area (Å²) in [5, 5.41) is 7.66. The van der Waals surface area contributed by atoms with Gasteiger partial charge in [-0.15, -0.1) is 11.3 Å². The highest BCUT2D eigenvalue weighted by atomic mass is 32.1. The van der Waals surface area contributed by atoms with E-state index in [1.165, 1.54) is 125 Å². The summed E-state index contributed by atoms with van der Waals surface area (Å²) in [7, 11) is 0. The number of fused-ring (bicyclic) bond motifs is 13. The second-order valence-corrected chi connectivity index (χ2v) is 18.7. The van der Waals surface area contributed by atoms with Crippen molar-refractivity contribution in [3.05, 3.63) is 218 Å². The molecule has 0 radical (unpaired) electrons. The molecule has 5 heterocycles. The molecule has 65 heavy (non-hydrogen) atoms. The Morgan fingerprint density at radius 3 is 1.57 bits per heavy atom. The van der Waals surface area contributed by atoms with E-state index < -0.39 is 0 Å². The lowest BCUT2D eigenvalue weighted by Gasteiger charge is -2.42. The first-order valence-corrected chi connectivity index (χ1v) is 23.3. The lowest BCUT2D eigenvalue weighted by Crippen LogP contribution is -2.60. The van der Waals surface area contributed by atoms with Crippen LogP contribution in [0.2, 0.25) is 0 Å². The van der Waals surface area contributed by atoms with Crippen molar-refractivity contribution in [2.75, 3.05) is 4.90 Å². The van der Waals surface area contributed by atoms with E-state index in [0.717, 1.165) is 5.69 Å². The Kier molecular flexibility index (Phi) is 7.19. The molecule has 0 bridgehead atoms. The molecule has 0 saturated carbocycles. The third-order valence-electron chi connectivity index (χ3n) is 14.3. The first-order chi connectivity index (χ1) is 32.3. The molecule has 0 saturated heterocycles. The van der Waals surface area contributed by atoms with E-state index >= 15 is 0 Å². The number of para-hydroxylation sites is 5. The molecular formula is C60H36BN3S. The zero-order valence-corrected chi connectivity index (χ0v) is 35.9. The van der Waals surface area contributed by atoms with Gasteiger partial charge in [0.15, 0.2) is 0 Å². The number of hydrogen-bond donors (Lipinski definition) is 0. The third-order valence-corrected chi connectivity index (χ3v) is 15.4. The molecule has 0 N–H and O–H groups in total. The lowest BCUT2D eigenvalue weighted by atomic mass is 9.33. The van der Waals surface area contributed by atoms with Crippen LogP contribution in [0.25, 0.3) is 97.4 Å². The highest BCUT2D eigenvalue weighted by Gasteiger charge is 2.44. The second-order valence-electron chi connectivity index (χ2n) is 17.6. The topological polar surface area (TPSA) is 13.1 Å². The Morgan fingerprint density at radius 2 is 0.892 bits per heavy atom. The second kappa shape index (κ2) is 13.2. The fraction of sp³-hybridized carbons (Fsp3) is 0. The molecule has 10 aromatic carbocycles. The molecule has 2 aliphatic rings. The Labute approximate surface area is 379 Å². The maximum atomic E-state index is 2.66. The number of thiophene rings is 1. The van der Waals surface area contributed by atoms with Crippen molar-refractivity contribution in [3.8, 4) is 33.6 Å². The molecule has 0 aliphatic carbocycles. The van der Waals surface area contributed by atoms with Gasteiger partial charge in [-0.05, 0) is 76.0 Å². The molecule has 0 fully saturated rings. The number of aromatic nitrogens is 2. The van der Waals surface area contributed by atoms with E-state index in [1.54, 1.807) is 0 Å². The van der Waals surface area contributed by atoms with Crippen molar-refractivity contribution < 1.29 is 0 Å². The molecule has 5 heteroatoms. The zero-order valence-electron chi connectivity index (χ0n) is 35.1. The van der Waals surface area contributed by atoms with E-state index in [2.05, 4.69) is 232 Å². The van der Waals surface area contributed by atoms with Crippen LogP contribution < -0.4 is 21.3 Å². The van der Waals surface area contributed by atoms with Gasteiger partial charge in [0.25, 0.3) is 6.71 Å². The largest absolute Gasteiger partial charge is 0.310 e. The van der Waals surface area contributed by atoms with E-state index in [0.29, 0.717) is 0 Å². The van der Waals surface area contributed by atoms with Gasteiger partial charge < -0.3 is 14.0 Å². The Balaban J connectivity index is 1.17. The van der Waals surface area contributed by atoms with Crippen molar-refractivity contribution in [1.29, 1.82) is 0 Å². The van der Waals surface area contributed by atoms with Crippen LogP contribution >= 0.6 is 11.3 Å². The van der Waals surface area contributed by atoms with Gasteiger partial charge >= 0.3 is 0 Å². The SMILES string of the molecule is c1ccc(-c2cccc(-c3ccccc3)c2N2c3cc4c(cc3B3c5c2cc(-n2c6ccccc6c6ccccc62)cc5-n2c5ccccc5c5cccc3c52)sc2ccccc24)cc1. The summed E-state index contributed by atoms with van der Waals surface area (Å²) in [6, 6.07) is 81.7. The van der Waals surface area contributed by atoms with Crippen LogP contribution in [0.15, 0.2) is 218 Å². The van der Waals surface area contributed by atoms with Crippen LogP contribution in [0.1, 0.15) is 0 Å². The molecule has 15 rings (SSSR count). The van der Waals surface area contributed by atoms with Crippen molar-refractivity contribution in [2.45, 2.75) is 0 Å². The zero-order chi connectivity index (χ0) is 42.3. The first kappa shape index (κ1) is 35.4. The monoisotopic (exact) mass is 841 g/mol. The van der Waals surface area contributed by atoms with Crippen LogP contribution in [0.3, 0.4) is 0 Å². The number of hydrogen-bond acceptors (Lipinski definition) is 2. The van der Waals surface area contributed by atoms with E-state index in [-0.39, 0.29) is 6.71 Å². The summed E-state index contributed by atoms with van der Waals surface area (Å²) in [6.45, 7) is -0.0161. The molecule has 3 nitrogen and oxygen atoms in total. The van der Waals surface area contributed by atoms with Gasteiger partial charge in [-0.1, -0.05) is 170 Å². The highest BCUT2D eigenvalue weighted by molar-refractivity contribution is 7.26. The minimum Gasteiger partial charge on any atom is -0.310 e.